The van der Waals surface area contributed by atoms with Crippen molar-refractivity contribution in [1.29, 1.82) is 0 Å². The van der Waals surface area contributed by atoms with Crippen molar-refractivity contribution in [2.75, 3.05) is 0 Å². The fraction of sp³-hybridized carbons (Fsp3) is 0.0714. The molecule has 2 aromatic carbocycles. The van der Waals surface area contributed by atoms with E-state index in [-0.39, 0.29) is 5.97 Å². The Kier molecular flexibility index (Phi) is 3.01. The molecular weight excluding hydrogens is 200 g/mol. The number of ether oxygens (including phenoxy) is 1. The Hall–Kier alpha value is -2.09. The van der Waals surface area contributed by atoms with Gasteiger partial charge in [-0.25, -0.2) is 4.79 Å². The molecule has 2 rings (SSSR count). The summed E-state index contributed by atoms with van der Waals surface area (Å²) in [6.45, 7) is 1.96. The summed E-state index contributed by atoms with van der Waals surface area (Å²) in [7, 11) is 0. The second-order valence-electron chi connectivity index (χ2n) is 3.57. The van der Waals surface area contributed by atoms with Crippen molar-refractivity contribution < 1.29 is 9.53 Å². The lowest BCUT2D eigenvalue weighted by Crippen LogP contribution is -2.07. The molecule has 80 valence electrons. The van der Waals surface area contributed by atoms with Gasteiger partial charge in [-0.3, -0.25) is 0 Å². The average Bonchev–Trinajstić information content (AvgIpc) is 2.30. The minimum absolute atomic E-state index is 0.328. The van der Waals surface area contributed by atoms with Crippen molar-refractivity contribution in [1.82, 2.24) is 0 Å². The number of benzene rings is 2. The zero-order valence-electron chi connectivity index (χ0n) is 9.01. The Bertz CT molecular complexity index is 489. The van der Waals surface area contributed by atoms with Crippen LogP contribution in [0.3, 0.4) is 0 Å². The maximum atomic E-state index is 11.7. The minimum atomic E-state index is -0.328. The van der Waals surface area contributed by atoms with Crippen LogP contribution in [0.25, 0.3) is 0 Å². The SMILES string of the molecule is Cc1cccc(OC(=O)c2ccccc2)c1. The zero-order valence-corrected chi connectivity index (χ0v) is 9.01. The van der Waals surface area contributed by atoms with Crippen molar-refractivity contribution in [2.24, 2.45) is 0 Å². The zero-order chi connectivity index (χ0) is 11.4. The van der Waals surface area contributed by atoms with Gasteiger partial charge in [0.25, 0.3) is 0 Å². The van der Waals surface area contributed by atoms with E-state index in [0.29, 0.717) is 11.3 Å². The molecule has 2 heteroatoms. The van der Waals surface area contributed by atoms with Crippen LogP contribution in [0.4, 0.5) is 0 Å². The molecule has 2 nitrogen and oxygen atoms in total. The Morgan fingerprint density at radius 1 is 1.00 bits per heavy atom. The van der Waals surface area contributed by atoms with Crippen molar-refractivity contribution >= 4 is 5.97 Å². The Labute approximate surface area is 94.5 Å². The topological polar surface area (TPSA) is 26.3 Å². The van der Waals surface area contributed by atoms with Crippen LogP contribution in [0.5, 0.6) is 5.75 Å². The second-order valence-corrected chi connectivity index (χ2v) is 3.57. The summed E-state index contributed by atoms with van der Waals surface area (Å²) in [5.41, 5.74) is 1.63. The van der Waals surface area contributed by atoms with Crippen molar-refractivity contribution in [3.05, 3.63) is 65.7 Å². The summed E-state index contributed by atoms with van der Waals surface area (Å²) in [6, 6.07) is 16.4. The fourth-order valence-corrected chi connectivity index (χ4v) is 1.42. The molecule has 0 N–H and O–H groups in total. The van der Waals surface area contributed by atoms with Gasteiger partial charge in [0.15, 0.2) is 0 Å². The average molecular weight is 212 g/mol. The van der Waals surface area contributed by atoms with E-state index >= 15 is 0 Å². The molecule has 0 saturated heterocycles. The molecule has 0 aliphatic carbocycles. The predicted octanol–water partition coefficient (Wildman–Crippen LogP) is 3.21. The number of esters is 1. The van der Waals surface area contributed by atoms with E-state index in [0.717, 1.165) is 5.56 Å². The van der Waals surface area contributed by atoms with Gasteiger partial charge in [0.2, 0.25) is 0 Å². The summed E-state index contributed by atoms with van der Waals surface area (Å²) in [5, 5.41) is 0. The van der Waals surface area contributed by atoms with Crippen LogP contribution < -0.4 is 4.74 Å². The quantitative estimate of drug-likeness (QED) is 0.564. The van der Waals surface area contributed by atoms with Crippen LogP contribution in [-0.4, -0.2) is 5.97 Å². The van der Waals surface area contributed by atoms with Gasteiger partial charge < -0.3 is 4.74 Å². The van der Waals surface area contributed by atoms with Gasteiger partial charge in [0, 0.05) is 0 Å². The minimum Gasteiger partial charge on any atom is -0.423 e. The van der Waals surface area contributed by atoms with E-state index in [1.165, 1.54) is 0 Å². The van der Waals surface area contributed by atoms with Crippen LogP contribution in [0, 0.1) is 6.92 Å². The number of rotatable bonds is 2. The predicted molar refractivity (Wildman–Crippen MR) is 62.6 cm³/mol. The number of hydrogen-bond donors (Lipinski definition) is 0. The number of carbonyl (C=O) groups excluding carboxylic acids is 1. The third kappa shape index (κ3) is 2.48. The van der Waals surface area contributed by atoms with Crippen LogP contribution in [0.15, 0.2) is 54.6 Å². The number of aryl methyl sites for hydroxylation is 1. The standard InChI is InChI=1S/C14H12O2/c1-11-6-5-9-13(10-11)16-14(15)12-7-3-2-4-8-12/h2-10H,1H3. The molecule has 0 spiro atoms. The summed E-state index contributed by atoms with van der Waals surface area (Å²) in [4.78, 5) is 11.7. The first-order valence-corrected chi connectivity index (χ1v) is 5.09. The van der Waals surface area contributed by atoms with E-state index in [1.807, 2.05) is 43.3 Å². The van der Waals surface area contributed by atoms with Gasteiger partial charge in [-0.1, -0.05) is 30.3 Å². The van der Waals surface area contributed by atoms with Gasteiger partial charge in [0.05, 0.1) is 5.56 Å². The highest BCUT2D eigenvalue weighted by Crippen LogP contribution is 2.14. The van der Waals surface area contributed by atoms with E-state index < -0.39 is 0 Å². The molecule has 0 fully saturated rings. The molecule has 16 heavy (non-hydrogen) atoms. The summed E-state index contributed by atoms with van der Waals surface area (Å²) >= 11 is 0. The van der Waals surface area contributed by atoms with Crippen LogP contribution >= 0.6 is 0 Å². The number of carbonyl (C=O) groups is 1. The van der Waals surface area contributed by atoms with E-state index in [2.05, 4.69) is 0 Å². The summed E-state index contributed by atoms with van der Waals surface area (Å²) in [6.07, 6.45) is 0. The smallest absolute Gasteiger partial charge is 0.343 e. The molecule has 0 aromatic heterocycles. The molecule has 0 amide bonds. The van der Waals surface area contributed by atoms with Crippen LogP contribution in [-0.2, 0) is 0 Å². The normalized spacial score (nSPS) is 9.81. The first-order chi connectivity index (χ1) is 7.75. The molecule has 0 bridgehead atoms. The highest BCUT2D eigenvalue weighted by Gasteiger charge is 2.06. The van der Waals surface area contributed by atoms with Gasteiger partial charge in [0.1, 0.15) is 5.75 Å². The molecule has 0 radical (unpaired) electrons. The Morgan fingerprint density at radius 2 is 1.75 bits per heavy atom. The summed E-state index contributed by atoms with van der Waals surface area (Å²) in [5.74, 6) is 0.250. The van der Waals surface area contributed by atoms with Gasteiger partial charge in [-0.2, -0.15) is 0 Å². The van der Waals surface area contributed by atoms with Gasteiger partial charge >= 0.3 is 5.97 Å². The van der Waals surface area contributed by atoms with Gasteiger partial charge in [-0.15, -0.1) is 0 Å². The fourth-order valence-electron chi connectivity index (χ4n) is 1.42. The van der Waals surface area contributed by atoms with Crippen molar-refractivity contribution in [3.63, 3.8) is 0 Å². The Balaban J connectivity index is 2.14. The third-order valence-corrected chi connectivity index (χ3v) is 2.21. The molecule has 0 heterocycles. The lowest BCUT2D eigenvalue weighted by molar-refractivity contribution is 0.0735. The van der Waals surface area contributed by atoms with E-state index in [4.69, 9.17) is 4.74 Å². The highest BCUT2D eigenvalue weighted by atomic mass is 16.5. The van der Waals surface area contributed by atoms with Crippen LogP contribution in [0.2, 0.25) is 0 Å². The first kappa shape index (κ1) is 10.4. The highest BCUT2D eigenvalue weighted by molar-refractivity contribution is 5.90. The second kappa shape index (κ2) is 4.62. The third-order valence-electron chi connectivity index (χ3n) is 2.21. The van der Waals surface area contributed by atoms with Crippen molar-refractivity contribution in [3.8, 4) is 5.75 Å². The maximum Gasteiger partial charge on any atom is 0.343 e. The maximum absolute atomic E-state index is 11.7. The molecule has 0 aliphatic heterocycles. The van der Waals surface area contributed by atoms with E-state index in [1.54, 1.807) is 18.2 Å². The summed E-state index contributed by atoms with van der Waals surface area (Å²) < 4.78 is 5.24. The number of hydrogen-bond acceptors (Lipinski definition) is 2. The monoisotopic (exact) mass is 212 g/mol. The largest absolute Gasteiger partial charge is 0.423 e. The molecular formula is C14H12O2. The molecule has 0 aliphatic rings. The van der Waals surface area contributed by atoms with Crippen molar-refractivity contribution in [2.45, 2.75) is 6.92 Å². The van der Waals surface area contributed by atoms with Crippen LogP contribution in [0.1, 0.15) is 15.9 Å². The molecule has 0 unspecified atom stereocenters. The molecule has 0 saturated carbocycles. The lowest BCUT2D eigenvalue weighted by atomic mass is 10.2. The Morgan fingerprint density at radius 3 is 2.44 bits per heavy atom. The lowest BCUT2D eigenvalue weighted by Gasteiger charge is -2.04. The molecule has 0 atom stereocenters. The van der Waals surface area contributed by atoms with Gasteiger partial charge in [-0.05, 0) is 36.8 Å². The first-order valence-electron chi connectivity index (χ1n) is 5.09. The van der Waals surface area contributed by atoms with E-state index in [9.17, 15) is 4.79 Å². The molecule has 2 aromatic rings.